The molecule has 0 aliphatic rings. The minimum absolute atomic E-state index is 0.0611. The quantitative estimate of drug-likeness (QED) is 0.446. The van der Waals surface area contributed by atoms with Gasteiger partial charge in [0.25, 0.3) is 0 Å². The number of halogens is 6. The average molecular weight is 505 g/mol. The summed E-state index contributed by atoms with van der Waals surface area (Å²) in [4.78, 5) is 24.6. The van der Waals surface area contributed by atoms with Crippen LogP contribution in [0.2, 0.25) is 30.1 Å². The lowest BCUT2D eigenvalue weighted by molar-refractivity contribution is 0.202. The third-order valence-electron chi connectivity index (χ3n) is 3.22. The van der Waals surface area contributed by atoms with Gasteiger partial charge in [0.2, 0.25) is 0 Å². The summed E-state index contributed by atoms with van der Waals surface area (Å²) in [6, 6.07) is 5.15. The first-order valence-electron chi connectivity index (χ1n) is 7.04. The number of amides is 2. The van der Waals surface area contributed by atoms with Gasteiger partial charge in [-0.05, 0) is 24.3 Å². The van der Waals surface area contributed by atoms with E-state index >= 15 is 0 Å². The molecule has 0 fully saturated rings. The molecule has 0 saturated carbocycles. The Kier molecular flexibility index (Phi) is 7.56. The van der Waals surface area contributed by atoms with Crippen molar-refractivity contribution in [3.8, 4) is 0 Å². The van der Waals surface area contributed by atoms with E-state index < -0.39 is 12.2 Å². The lowest BCUT2D eigenvalue weighted by Gasteiger charge is -2.21. The zero-order valence-corrected chi connectivity index (χ0v) is 17.9. The highest BCUT2D eigenvalue weighted by atomic mass is 35.5. The average Bonchev–Trinajstić information content (AvgIpc) is 2.53. The van der Waals surface area contributed by atoms with Crippen LogP contribution < -0.4 is 9.80 Å². The summed E-state index contributed by atoms with van der Waals surface area (Å²) < 4.78 is 0. The number of anilines is 2. The Hall–Kier alpha value is -1.54. The predicted molar refractivity (Wildman–Crippen MR) is 113 cm³/mol. The number of carbonyl (C=O) groups is 2. The van der Waals surface area contributed by atoms with Crippen molar-refractivity contribution in [1.29, 1.82) is 0 Å². The fraction of sp³-hybridized carbons (Fsp3) is 0. The molecule has 0 aromatic heterocycles. The van der Waals surface area contributed by atoms with Gasteiger partial charge in [-0.1, -0.05) is 69.6 Å². The molecule has 0 aliphatic heterocycles. The van der Waals surface area contributed by atoms with Crippen molar-refractivity contribution in [1.82, 2.24) is 0 Å². The second-order valence-corrected chi connectivity index (χ2v) is 7.54. The van der Waals surface area contributed by atoms with E-state index in [1.807, 2.05) is 0 Å². The molecular weight excluding hydrogens is 497 g/mol. The molecule has 2 amide bonds. The van der Waals surface area contributed by atoms with Gasteiger partial charge in [-0.15, -0.1) is 0 Å². The molecule has 12 heteroatoms. The second-order valence-electron chi connectivity index (χ2n) is 5.04. The van der Waals surface area contributed by atoms with Crippen LogP contribution in [0.5, 0.6) is 0 Å². The molecule has 2 aromatic carbocycles. The van der Waals surface area contributed by atoms with Crippen molar-refractivity contribution in [2.24, 2.45) is 0 Å². The Morgan fingerprint density at radius 1 is 0.643 bits per heavy atom. The normalized spacial score (nSPS) is 10.9. The van der Waals surface area contributed by atoms with Crippen molar-refractivity contribution in [3.63, 3.8) is 0 Å². The standard InChI is InChI=1S/C16H8Cl6N2O4/c17-7-3-9(19)13(10(20)4-7)23(15(25)26)1-2-24(16(27)28)14-11(21)5-8(18)6-12(14)22/h1-6H,(H,25,26)(H,27,28)/b2-1+. The van der Waals surface area contributed by atoms with E-state index in [9.17, 15) is 19.8 Å². The fourth-order valence-corrected chi connectivity index (χ4v) is 4.13. The van der Waals surface area contributed by atoms with Crippen molar-refractivity contribution >= 4 is 93.2 Å². The Morgan fingerprint density at radius 2 is 0.893 bits per heavy atom. The molecule has 2 rings (SSSR count). The lowest BCUT2D eigenvalue weighted by atomic mass is 10.3. The third-order valence-corrected chi connectivity index (χ3v) is 4.81. The van der Waals surface area contributed by atoms with Crippen LogP contribution >= 0.6 is 69.6 Å². The summed E-state index contributed by atoms with van der Waals surface area (Å²) in [7, 11) is 0. The van der Waals surface area contributed by atoms with Crippen molar-refractivity contribution in [2.75, 3.05) is 9.80 Å². The fourth-order valence-electron chi connectivity index (χ4n) is 2.13. The van der Waals surface area contributed by atoms with E-state index in [1.165, 1.54) is 24.3 Å². The van der Waals surface area contributed by atoms with Crippen molar-refractivity contribution in [2.45, 2.75) is 0 Å². The van der Waals surface area contributed by atoms with Crippen LogP contribution in [0.25, 0.3) is 0 Å². The molecule has 28 heavy (non-hydrogen) atoms. The van der Waals surface area contributed by atoms with E-state index in [2.05, 4.69) is 0 Å². The van der Waals surface area contributed by atoms with Gasteiger partial charge in [-0.3, -0.25) is 0 Å². The summed E-state index contributed by atoms with van der Waals surface area (Å²) in [6.45, 7) is 0. The molecule has 0 heterocycles. The molecule has 0 radical (unpaired) electrons. The summed E-state index contributed by atoms with van der Waals surface area (Å²) in [5, 5.41) is 19.1. The molecule has 0 atom stereocenters. The van der Waals surface area contributed by atoms with Crippen LogP contribution in [0.4, 0.5) is 21.0 Å². The maximum atomic E-state index is 11.7. The minimum atomic E-state index is -1.49. The predicted octanol–water partition coefficient (Wildman–Crippen LogP) is 7.75. The molecule has 0 spiro atoms. The first kappa shape index (κ1) is 22.7. The van der Waals surface area contributed by atoms with Crippen LogP contribution in [0, 0.1) is 0 Å². The summed E-state index contributed by atoms with van der Waals surface area (Å²) in [5.74, 6) is 0. The number of hydrogen-bond donors (Lipinski definition) is 2. The van der Waals surface area contributed by atoms with Crippen LogP contribution in [-0.4, -0.2) is 22.4 Å². The molecular formula is C16H8Cl6N2O4. The lowest BCUT2D eigenvalue weighted by Crippen LogP contribution is -2.28. The molecule has 6 nitrogen and oxygen atoms in total. The maximum absolute atomic E-state index is 11.7. The highest BCUT2D eigenvalue weighted by Crippen LogP contribution is 2.39. The van der Waals surface area contributed by atoms with E-state index in [0.717, 1.165) is 12.4 Å². The van der Waals surface area contributed by atoms with Gasteiger partial charge < -0.3 is 10.2 Å². The Balaban J connectivity index is 2.55. The van der Waals surface area contributed by atoms with Crippen LogP contribution in [0.3, 0.4) is 0 Å². The highest BCUT2D eigenvalue weighted by molar-refractivity contribution is 6.43. The zero-order valence-electron chi connectivity index (χ0n) is 13.3. The number of rotatable bonds is 4. The van der Waals surface area contributed by atoms with E-state index in [0.29, 0.717) is 9.80 Å². The number of nitrogens with zero attached hydrogens (tertiary/aromatic N) is 2. The van der Waals surface area contributed by atoms with Crippen LogP contribution in [-0.2, 0) is 0 Å². The van der Waals surface area contributed by atoms with Crippen LogP contribution in [0.15, 0.2) is 36.7 Å². The number of hydrogen-bond acceptors (Lipinski definition) is 2. The summed E-state index contributed by atoms with van der Waals surface area (Å²) >= 11 is 35.8. The number of benzene rings is 2. The molecule has 0 saturated heterocycles. The zero-order chi connectivity index (χ0) is 21.2. The van der Waals surface area contributed by atoms with Crippen molar-refractivity contribution in [3.05, 3.63) is 66.8 Å². The van der Waals surface area contributed by atoms with Gasteiger partial charge in [-0.25, -0.2) is 19.4 Å². The second kappa shape index (κ2) is 9.31. The van der Waals surface area contributed by atoms with Gasteiger partial charge in [-0.2, -0.15) is 0 Å². The highest BCUT2D eigenvalue weighted by Gasteiger charge is 2.23. The third kappa shape index (κ3) is 5.08. The molecule has 0 bridgehead atoms. The molecule has 0 unspecified atom stereocenters. The van der Waals surface area contributed by atoms with Gasteiger partial charge in [0.05, 0.1) is 31.5 Å². The van der Waals surface area contributed by atoms with Crippen LogP contribution in [0.1, 0.15) is 0 Å². The van der Waals surface area contributed by atoms with Gasteiger partial charge in [0.15, 0.2) is 0 Å². The minimum Gasteiger partial charge on any atom is -0.464 e. The molecule has 2 N–H and O–H groups in total. The van der Waals surface area contributed by atoms with Crippen molar-refractivity contribution < 1.29 is 19.8 Å². The smallest absolute Gasteiger partial charge is 0.416 e. The van der Waals surface area contributed by atoms with E-state index in [4.69, 9.17) is 69.6 Å². The Morgan fingerprint density at radius 3 is 1.11 bits per heavy atom. The number of carboxylic acid groups (broad SMARTS) is 2. The maximum Gasteiger partial charge on any atom is 0.416 e. The van der Waals surface area contributed by atoms with E-state index in [1.54, 1.807) is 0 Å². The Labute approximate surface area is 189 Å². The summed E-state index contributed by atoms with van der Waals surface area (Å²) in [6.07, 6.45) is -1.14. The molecule has 2 aromatic rings. The van der Waals surface area contributed by atoms with E-state index in [-0.39, 0.29) is 41.5 Å². The topological polar surface area (TPSA) is 81.1 Å². The first-order chi connectivity index (χ1) is 13.0. The molecule has 0 aliphatic carbocycles. The van der Waals surface area contributed by atoms with Gasteiger partial charge in [0, 0.05) is 22.4 Å². The Bertz CT molecular complexity index is 858. The molecule has 148 valence electrons. The first-order valence-corrected chi connectivity index (χ1v) is 9.31. The summed E-state index contributed by atoms with van der Waals surface area (Å²) in [5.41, 5.74) is -0.231. The monoisotopic (exact) mass is 502 g/mol. The largest absolute Gasteiger partial charge is 0.464 e. The van der Waals surface area contributed by atoms with Gasteiger partial charge in [0.1, 0.15) is 0 Å². The SMILES string of the molecule is O=C(O)N(/C=C/N(C(=O)O)c1c(Cl)cc(Cl)cc1Cl)c1c(Cl)cc(Cl)cc1Cl. The van der Waals surface area contributed by atoms with Gasteiger partial charge >= 0.3 is 12.2 Å².